The van der Waals surface area contributed by atoms with E-state index >= 15 is 0 Å². The van der Waals surface area contributed by atoms with Crippen molar-refractivity contribution in [2.24, 2.45) is 5.10 Å². The van der Waals surface area contributed by atoms with Gasteiger partial charge < -0.3 is 13.9 Å². The number of hydrogen-bond donors (Lipinski definition) is 2. The maximum absolute atomic E-state index is 12.3. The van der Waals surface area contributed by atoms with Crippen LogP contribution >= 0.6 is 0 Å². The Labute approximate surface area is 193 Å². The van der Waals surface area contributed by atoms with Gasteiger partial charge in [0.05, 0.1) is 25.3 Å². The minimum atomic E-state index is -0.656. The minimum absolute atomic E-state index is 0.0649. The van der Waals surface area contributed by atoms with E-state index in [0.717, 1.165) is 0 Å². The van der Waals surface area contributed by atoms with Gasteiger partial charge in [-0.3, -0.25) is 9.78 Å². The molecule has 2 aromatic heterocycles. The molecule has 10 nitrogen and oxygen atoms in total. The summed E-state index contributed by atoms with van der Waals surface area (Å²) in [4.78, 5) is 31.2. The fraction of sp³-hybridized carbons (Fsp3) is 0.0417. The minimum Gasteiger partial charge on any atom is -0.493 e. The molecule has 0 radical (unpaired) electrons. The van der Waals surface area contributed by atoms with Crippen molar-refractivity contribution >= 4 is 18.1 Å². The Morgan fingerprint density at radius 3 is 2.71 bits per heavy atom. The number of ether oxygens (including phenoxy) is 2. The average molecular weight is 455 g/mol. The zero-order chi connectivity index (χ0) is 23.9. The van der Waals surface area contributed by atoms with Gasteiger partial charge in [-0.2, -0.15) is 10.4 Å². The zero-order valence-electron chi connectivity index (χ0n) is 17.8. The maximum Gasteiger partial charge on any atom is 0.379 e. The highest BCUT2D eigenvalue weighted by molar-refractivity contribution is 5.89. The number of H-pyrrole nitrogens is 1. The summed E-state index contributed by atoms with van der Waals surface area (Å²) in [6.07, 6.45) is 2.83. The third-order valence-electron chi connectivity index (χ3n) is 4.58. The Morgan fingerprint density at radius 1 is 1.18 bits per heavy atom. The number of nitrogens with zero attached hydrogens (tertiary/aromatic N) is 3. The van der Waals surface area contributed by atoms with E-state index < -0.39 is 11.5 Å². The van der Waals surface area contributed by atoms with Crippen molar-refractivity contribution in [3.8, 4) is 28.8 Å². The summed E-state index contributed by atoms with van der Waals surface area (Å²) < 4.78 is 15.6. The monoisotopic (exact) mass is 455 g/mol. The number of nitrogens with one attached hydrogen (secondary N) is 2. The van der Waals surface area contributed by atoms with Gasteiger partial charge in [0.15, 0.2) is 11.5 Å². The Hall–Kier alpha value is -5.17. The number of carbonyl (C=O) groups excluding carboxylic acids is 1. The Balaban J connectivity index is 1.52. The summed E-state index contributed by atoms with van der Waals surface area (Å²) in [5.41, 5.74) is 3.46. The van der Waals surface area contributed by atoms with Crippen molar-refractivity contribution in [3.63, 3.8) is 0 Å². The quantitative estimate of drug-likeness (QED) is 0.186. The number of benzene rings is 2. The van der Waals surface area contributed by atoms with Crippen LogP contribution in [-0.2, 0) is 0 Å². The fourth-order valence-corrected chi connectivity index (χ4v) is 3.00. The van der Waals surface area contributed by atoms with Crippen LogP contribution in [0.4, 0.5) is 5.95 Å². The number of hydrazone groups is 1. The molecule has 34 heavy (non-hydrogen) atoms. The number of furan rings is 1. The molecule has 0 spiro atoms. The highest BCUT2D eigenvalue weighted by Crippen LogP contribution is 2.28. The number of anilines is 1. The summed E-state index contributed by atoms with van der Waals surface area (Å²) in [6.45, 7) is 0. The number of nitriles is 1. The first kappa shape index (κ1) is 22.0. The second kappa shape index (κ2) is 9.97. The number of rotatable bonds is 7. The van der Waals surface area contributed by atoms with Crippen LogP contribution in [0, 0.1) is 11.3 Å². The average Bonchev–Trinajstić information content (AvgIpc) is 3.40. The molecule has 2 N–H and O–H groups in total. The van der Waals surface area contributed by atoms with E-state index in [1.165, 1.54) is 25.7 Å². The van der Waals surface area contributed by atoms with Gasteiger partial charge in [-0.1, -0.05) is 30.3 Å². The molecule has 0 saturated heterocycles. The molecule has 0 amide bonds. The third-order valence-corrected chi connectivity index (χ3v) is 4.58. The van der Waals surface area contributed by atoms with E-state index in [2.05, 4.69) is 20.5 Å². The lowest BCUT2D eigenvalue weighted by Crippen LogP contribution is -2.16. The SMILES string of the molecule is COc1cc(C=NNc2nc(-c3ccccc3)c(C#N)c(=O)[nH]2)ccc1OC(=O)c1ccco1. The first-order chi connectivity index (χ1) is 16.6. The number of hydrogen-bond acceptors (Lipinski definition) is 9. The van der Waals surface area contributed by atoms with E-state index in [1.807, 2.05) is 12.1 Å². The smallest absolute Gasteiger partial charge is 0.379 e. The van der Waals surface area contributed by atoms with Crippen LogP contribution in [0.1, 0.15) is 21.7 Å². The highest BCUT2D eigenvalue weighted by atomic mass is 16.6. The second-order valence-corrected chi connectivity index (χ2v) is 6.76. The molecular formula is C24H17N5O5. The predicted molar refractivity (Wildman–Crippen MR) is 123 cm³/mol. The Kier molecular flexibility index (Phi) is 6.46. The lowest BCUT2D eigenvalue weighted by molar-refractivity contribution is 0.0696. The molecule has 0 bridgehead atoms. The van der Waals surface area contributed by atoms with E-state index in [4.69, 9.17) is 13.9 Å². The van der Waals surface area contributed by atoms with Crippen molar-refractivity contribution in [1.82, 2.24) is 9.97 Å². The molecule has 0 fully saturated rings. The van der Waals surface area contributed by atoms with Crippen LogP contribution in [-0.4, -0.2) is 29.3 Å². The van der Waals surface area contributed by atoms with Gasteiger partial charge in [0.2, 0.25) is 11.7 Å². The molecular weight excluding hydrogens is 438 g/mol. The molecule has 168 valence electrons. The van der Waals surface area contributed by atoms with E-state index in [0.29, 0.717) is 16.9 Å². The molecule has 10 heteroatoms. The molecule has 0 aliphatic heterocycles. The van der Waals surface area contributed by atoms with E-state index in [9.17, 15) is 14.9 Å². The van der Waals surface area contributed by atoms with Crippen LogP contribution < -0.4 is 20.5 Å². The van der Waals surface area contributed by atoms with Gasteiger partial charge in [0, 0.05) is 5.56 Å². The van der Waals surface area contributed by atoms with Gasteiger partial charge in [0.1, 0.15) is 11.6 Å². The summed E-state index contributed by atoms with van der Waals surface area (Å²) >= 11 is 0. The van der Waals surface area contributed by atoms with Crippen molar-refractivity contribution in [2.75, 3.05) is 12.5 Å². The van der Waals surface area contributed by atoms with Crippen LogP contribution in [0.3, 0.4) is 0 Å². The van der Waals surface area contributed by atoms with Gasteiger partial charge in [-0.05, 0) is 35.9 Å². The molecule has 4 rings (SSSR count). The molecule has 2 heterocycles. The highest BCUT2D eigenvalue weighted by Gasteiger charge is 2.15. The second-order valence-electron chi connectivity index (χ2n) is 6.76. The predicted octanol–water partition coefficient (Wildman–Crippen LogP) is 3.58. The van der Waals surface area contributed by atoms with E-state index in [1.54, 1.807) is 48.5 Å². The molecule has 0 aliphatic rings. The van der Waals surface area contributed by atoms with Crippen molar-refractivity contribution < 1.29 is 18.7 Å². The van der Waals surface area contributed by atoms with Crippen LogP contribution in [0.25, 0.3) is 11.3 Å². The zero-order valence-corrected chi connectivity index (χ0v) is 17.8. The Morgan fingerprint density at radius 2 is 2.00 bits per heavy atom. The van der Waals surface area contributed by atoms with Gasteiger partial charge in [0.25, 0.3) is 5.56 Å². The topological polar surface area (TPSA) is 143 Å². The number of esters is 1. The maximum atomic E-state index is 12.3. The van der Waals surface area contributed by atoms with Gasteiger partial charge in [-0.25, -0.2) is 15.2 Å². The Bertz CT molecular complexity index is 1440. The standard InChI is InChI=1S/C24H17N5O5/c1-32-20-12-15(9-10-18(20)34-23(31)19-8-5-11-33-19)14-26-29-24-27-21(16-6-3-2-4-7-16)17(13-25)22(30)28-24/h2-12,14H,1H3,(H2,27,28,29,30). The van der Waals surface area contributed by atoms with Gasteiger partial charge >= 0.3 is 5.97 Å². The summed E-state index contributed by atoms with van der Waals surface area (Å²) in [6, 6.07) is 18.7. The number of aromatic amines is 1. The van der Waals surface area contributed by atoms with Crippen molar-refractivity contribution in [2.45, 2.75) is 0 Å². The first-order valence-corrected chi connectivity index (χ1v) is 9.91. The molecule has 0 unspecified atom stereocenters. The van der Waals surface area contributed by atoms with Crippen molar-refractivity contribution in [1.29, 1.82) is 5.26 Å². The largest absolute Gasteiger partial charge is 0.493 e. The molecule has 0 aliphatic carbocycles. The van der Waals surface area contributed by atoms with Crippen LogP contribution in [0.2, 0.25) is 0 Å². The van der Waals surface area contributed by atoms with E-state index in [-0.39, 0.29) is 28.7 Å². The first-order valence-electron chi connectivity index (χ1n) is 9.91. The normalized spacial score (nSPS) is 10.6. The van der Waals surface area contributed by atoms with Crippen LogP contribution in [0.5, 0.6) is 11.5 Å². The van der Waals surface area contributed by atoms with Crippen molar-refractivity contribution in [3.05, 3.63) is 94.2 Å². The van der Waals surface area contributed by atoms with Gasteiger partial charge in [-0.15, -0.1) is 0 Å². The molecule has 2 aromatic carbocycles. The third kappa shape index (κ3) is 4.84. The molecule has 0 saturated carbocycles. The molecule has 0 atom stereocenters. The summed E-state index contributed by atoms with van der Waals surface area (Å²) in [5, 5.41) is 13.4. The summed E-state index contributed by atoms with van der Waals surface area (Å²) in [5.74, 6) is -0.0121. The number of aromatic nitrogens is 2. The number of carbonyl (C=O) groups is 1. The lowest BCUT2D eigenvalue weighted by atomic mass is 10.1. The van der Waals surface area contributed by atoms with Crippen LogP contribution in [0.15, 0.2) is 81.2 Å². The number of methoxy groups -OCH3 is 1. The lowest BCUT2D eigenvalue weighted by Gasteiger charge is -2.09. The fourth-order valence-electron chi connectivity index (χ4n) is 3.00. The molecule has 4 aromatic rings. The summed E-state index contributed by atoms with van der Waals surface area (Å²) in [7, 11) is 1.44.